The Morgan fingerprint density at radius 1 is 0.475 bits per heavy atom. The lowest BCUT2D eigenvalue weighted by Crippen LogP contribution is -2.28. The number of anilines is 2. The van der Waals surface area contributed by atoms with E-state index >= 15 is 0 Å². The molecule has 0 N–H and O–H groups in total. The fraction of sp³-hybridized carbons (Fsp3) is 0.176. The van der Waals surface area contributed by atoms with Crippen LogP contribution in [-0.2, 0) is 0 Å². The van der Waals surface area contributed by atoms with E-state index in [2.05, 4.69) is 105 Å². The molecular formula is C34H30N4O2. The van der Waals surface area contributed by atoms with Gasteiger partial charge in [-0.3, -0.25) is 0 Å². The lowest BCUT2D eigenvalue weighted by molar-refractivity contribution is 0.354. The molecule has 0 atom stereocenters. The Labute approximate surface area is 232 Å². The SMILES string of the molecule is C1=CN(c2cccc3c2oc2ccccc23)CN1CCCCN1C=CN(c2cccc3c2oc2ccccc23)C1. The molecule has 6 aromatic rings. The minimum absolute atomic E-state index is 0.842. The Morgan fingerprint density at radius 2 is 0.925 bits per heavy atom. The van der Waals surface area contributed by atoms with Crippen LogP contribution in [0.4, 0.5) is 11.4 Å². The van der Waals surface area contributed by atoms with E-state index in [4.69, 9.17) is 8.83 Å². The predicted molar refractivity (Wildman–Crippen MR) is 163 cm³/mol. The summed E-state index contributed by atoms with van der Waals surface area (Å²) < 4.78 is 12.5. The summed E-state index contributed by atoms with van der Waals surface area (Å²) in [6, 6.07) is 29.4. The largest absolute Gasteiger partial charge is 0.454 e. The van der Waals surface area contributed by atoms with Crippen LogP contribution in [0.3, 0.4) is 0 Å². The molecule has 4 aromatic carbocycles. The Kier molecular flexibility index (Phi) is 5.43. The lowest BCUT2D eigenvalue weighted by atomic mass is 10.1. The Balaban J connectivity index is 0.866. The average Bonchev–Trinajstić information content (AvgIpc) is 3.79. The van der Waals surface area contributed by atoms with E-state index in [9.17, 15) is 0 Å². The van der Waals surface area contributed by atoms with Crippen LogP contribution in [0.25, 0.3) is 43.9 Å². The Morgan fingerprint density at radius 3 is 1.43 bits per heavy atom. The standard InChI is InChI=1S/C34H30N4O2/c1-3-15-31-25(9-1)27-11-7-13-29(33(27)39-31)37-21-19-35(23-37)17-5-6-18-36-20-22-38(24-36)30-14-8-12-28-26-10-2-4-16-32(26)40-34(28)30/h1-4,7-16,19-22H,5-6,17-18,23-24H2. The first-order chi connectivity index (χ1) is 19.8. The number of nitrogens with zero attached hydrogens (tertiary/aromatic N) is 4. The Bertz CT molecular complexity index is 1780. The van der Waals surface area contributed by atoms with Crippen molar-refractivity contribution in [1.82, 2.24) is 9.80 Å². The third-order valence-electron chi connectivity index (χ3n) is 8.11. The summed E-state index contributed by atoms with van der Waals surface area (Å²) in [6.07, 6.45) is 11.0. The second-order valence-electron chi connectivity index (χ2n) is 10.7. The van der Waals surface area contributed by atoms with Gasteiger partial charge >= 0.3 is 0 Å². The van der Waals surface area contributed by atoms with Gasteiger partial charge in [0.25, 0.3) is 0 Å². The summed E-state index contributed by atoms with van der Waals surface area (Å²) in [5.74, 6) is 0. The second kappa shape index (κ2) is 9.42. The van der Waals surface area contributed by atoms with Crippen LogP contribution in [0.5, 0.6) is 0 Å². The van der Waals surface area contributed by atoms with Crippen molar-refractivity contribution >= 4 is 55.3 Å². The van der Waals surface area contributed by atoms with Gasteiger partial charge in [0.05, 0.1) is 24.7 Å². The number of para-hydroxylation sites is 4. The van der Waals surface area contributed by atoms with Gasteiger partial charge in [0.15, 0.2) is 11.2 Å². The molecular weight excluding hydrogens is 496 g/mol. The maximum absolute atomic E-state index is 6.25. The first kappa shape index (κ1) is 23.1. The molecule has 0 fully saturated rings. The van der Waals surface area contributed by atoms with Crippen molar-refractivity contribution in [3.63, 3.8) is 0 Å². The normalized spacial score (nSPS) is 15.3. The van der Waals surface area contributed by atoms with Gasteiger partial charge in [-0.15, -0.1) is 0 Å². The van der Waals surface area contributed by atoms with E-state index < -0.39 is 0 Å². The van der Waals surface area contributed by atoms with E-state index in [1.54, 1.807) is 0 Å². The Hall–Kier alpha value is -4.84. The van der Waals surface area contributed by atoms with Crippen LogP contribution >= 0.6 is 0 Å². The van der Waals surface area contributed by atoms with Gasteiger partial charge in [-0.1, -0.05) is 60.7 Å². The molecule has 2 aliphatic heterocycles. The zero-order chi connectivity index (χ0) is 26.5. The summed E-state index contributed by atoms with van der Waals surface area (Å²) >= 11 is 0. The number of hydrogen-bond acceptors (Lipinski definition) is 6. The van der Waals surface area contributed by atoms with Gasteiger partial charge in [-0.05, 0) is 37.1 Å². The molecule has 198 valence electrons. The topological polar surface area (TPSA) is 39.2 Å². The van der Waals surface area contributed by atoms with Crippen molar-refractivity contribution < 1.29 is 8.83 Å². The van der Waals surface area contributed by atoms with Crippen molar-refractivity contribution in [2.75, 3.05) is 36.2 Å². The van der Waals surface area contributed by atoms with Crippen LogP contribution < -0.4 is 9.80 Å². The number of fused-ring (bicyclic) bond motifs is 6. The first-order valence-corrected chi connectivity index (χ1v) is 14.0. The van der Waals surface area contributed by atoms with Crippen LogP contribution in [0.15, 0.2) is 119 Å². The number of hydrogen-bond donors (Lipinski definition) is 0. The first-order valence-electron chi connectivity index (χ1n) is 14.0. The smallest absolute Gasteiger partial charge is 0.159 e. The highest BCUT2D eigenvalue weighted by Gasteiger charge is 2.21. The summed E-state index contributed by atoms with van der Waals surface area (Å²) in [4.78, 5) is 9.33. The molecule has 0 unspecified atom stereocenters. The highest BCUT2D eigenvalue weighted by molar-refractivity contribution is 6.10. The monoisotopic (exact) mass is 526 g/mol. The molecule has 4 heterocycles. The zero-order valence-corrected chi connectivity index (χ0v) is 22.2. The molecule has 2 aliphatic rings. The maximum atomic E-state index is 6.25. The average molecular weight is 527 g/mol. The van der Waals surface area contributed by atoms with E-state index in [1.165, 1.54) is 21.5 Å². The summed E-state index contributed by atoms with van der Waals surface area (Å²) in [5, 5.41) is 4.68. The third kappa shape index (κ3) is 3.87. The van der Waals surface area contributed by atoms with Crippen LogP contribution in [0.2, 0.25) is 0 Å². The van der Waals surface area contributed by atoms with E-state index in [-0.39, 0.29) is 0 Å². The summed E-state index contributed by atoms with van der Waals surface area (Å²) in [5.41, 5.74) is 6.03. The van der Waals surface area contributed by atoms with Crippen molar-refractivity contribution in [2.24, 2.45) is 0 Å². The quantitative estimate of drug-likeness (QED) is 0.196. The van der Waals surface area contributed by atoms with E-state index in [1.807, 2.05) is 24.3 Å². The molecule has 0 saturated carbocycles. The van der Waals surface area contributed by atoms with Gasteiger partial charge in [-0.25, -0.2) is 0 Å². The lowest BCUT2D eigenvalue weighted by Gasteiger charge is -2.23. The highest BCUT2D eigenvalue weighted by Crippen LogP contribution is 2.37. The molecule has 0 aliphatic carbocycles. The molecule has 6 heteroatoms. The van der Waals surface area contributed by atoms with E-state index in [0.29, 0.717) is 0 Å². The van der Waals surface area contributed by atoms with Gasteiger partial charge in [0.2, 0.25) is 0 Å². The van der Waals surface area contributed by atoms with Gasteiger partial charge < -0.3 is 28.4 Å². The fourth-order valence-corrected chi connectivity index (χ4v) is 6.08. The summed E-state index contributed by atoms with van der Waals surface area (Å²) in [6.45, 7) is 3.75. The zero-order valence-electron chi connectivity index (χ0n) is 22.2. The van der Waals surface area contributed by atoms with Gasteiger partial charge in [0.1, 0.15) is 11.2 Å². The molecule has 0 radical (unpaired) electrons. The minimum atomic E-state index is 0.842. The van der Waals surface area contributed by atoms with Crippen molar-refractivity contribution in [3.8, 4) is 0 Å². The number of unbranched alkanes of at least 4 members (excludes halogenated alkanes) is 1. The number of benzene rings is 4. The molecule has 0 amide bonds. The number of furan rings is 2. The van der Waals surface area contributed by atoms with Crippen molar-refractivity contribution in [3.05, 3.63) is 110 Å². The molecule has 2 aromatic heterocycles. The highest BCUT2D eigenvalue weighted by atomic mass is 16.3. The van der Waals surface area contributed by atoms with E-state index in [0.717, 1.165) is 73.0 Å². The molecule has 8 rings (SSSR count). The molecule has 0 saturated heterocycles. The number of rotatable bonds is 7. The maximum Gasteiger partial charge on any atom is 0.159 e. The molecule has 0 spiro atoms. The van der Waals surface area contributed by atoms with Crippen LogP contribution in [0, 0.1) is 0 Å². The third-order valence-corrected chi connectivity index (χ3v) is 8.11. The van der Waals surface area contributed by atoms with Gasteiger partial charge in [0, 0.05) is 59.4 Å². The van der Waals surface area contributed by atoms with Crippen molar-refractivity contribution in [1.29, 1.82) is 0 Å². The molecule has 0 bridgehead atoms. The minimum Gasteiger partial charge on any atom is -0.454 e. The summed E-state index contributed by atoms with van der Waals surface area (Å²) in [7, 11) is 0. The predicted octanol–water partition coefficient (Wildman–Crippen LogP) is 8.07. The molecule has 6 nitrogen and oxygen atoms in total. The second-order valence-corrected chi connectivity index (χ2v) is 10.7. The van der Waals surface area contributed by atoms with Crippen LogP contribution in [-0.4, -0.2) is 36.2 Å². The van der Waals surface area contributed by atoms with Crippen LogP contribution in [0.1, 0.15) is 12.8 Å². The van der Waals surface area contributed by atoms with Gasteiger partial charge in [-0.2, -0.15) is 0 Å². The van der Waals surface area contributed by atoms with Crippen molar-refractivity contribution in [2.45, 2.75) is 12.8 Å². The molecule has 40 heavy (non-hydrogen) atoms. The fourth-order valence-electron chi connectivity index (χ4n) is 6.08.